The molecule has 0 aliphatic carbocycles. The lowest BCUT2D eigenvalue weighted by Crippen LogP contribution is -2.31. The van der Waals surface area contributed by atoms with Crippen molar-refractivity contribution in [2.75, 3.05) is 13.1 Å². The number of fused-ring (bicyclic) bond motifs is 5. The van der Waals surface area contributed by atoms with Gasteiger partial charge in [-0.05, 0) is 79.8 Å². The molecule has 5 aromatic rings. The molecule has 0 fully saturated rings. The summed E-state index contributed by atoms with van der Waals surface area (Å²) in [7, 11) is 0. The van der Waals surface area contributed by atoms with E-state index in [0.717, 1.165) is 74.3 Å². The summed E-state index contributed by atoms with van der Waals surface area (Å²) in [5.74, 6) is 1.13. The standard InChI is InChI=1S/C34H32N4O3/c39-33(11-5-6-19-37-20-18-27-26-7-1-3-9-29(26)35-31(27)22-37)41-25-15-12-23(13-16-25)21-24-14-17-32-36-30-10-4-2-8-28(30)34(40)38(24)32/h1-4,7-10,12-13,15-16,21,35H,5-6,11,14,17-20,22H2/b24-21-. The van der Waals surface area contributed by atoms with Gasteiger partial charge in [-0.15, -0.1) is 0 Å². The third-order valence-electron chi connectivity index (χ3n) is 8.25. The van der Waals surface area contributed by atoms with Gasteiger partial charge in [0, 0.05) is 48.2 Å². The molecule has 0 amide bonds. The summed E-state index contributed by atoms with van der Waals surface area (Å²) < 4.78 is 7.33. The van der Waals surface area contributed by atoms with Crippen LogP contribution in [0.4, 0.5) is 0 Å². The Morgan fingerprint density at radius 3 is 2.61 bits per heavy atom. The van der Waals surface area contributed by atoms with E-state index in [1.165, 1.54) is 22.2 Å². The van der Waals surface area contributed by atoms with E-state index in [9.17, 15) is 9.59 Å². The molecular formula is C34H32N4O3. The molecule has 0 bridgehead atoms. The number of rotatable bonds is 7. The van der Waals surface area contributed by atoms with Gasteiger partial charge in [-0.2, -0.15) is 0 Å². The Balaban J connectivity index is 0.910. The SMILES string of the molecule is O=C(CCCCN1CCc2c([nH]c3ccccc23)C1)Oc1ccc(/C=C2/CCc3nc4ccccc4c(=O)n32)cc1. The summed E-state index contributed by atoms with van der Waals surface area (Å²) in [6.45, 7) is 2.96. The Morgan fingerprint density at radius 1 is 0.927 bits per heavy atom. The molecule has 7 nitrogen and oxygen atoms in total. The number of hydrogen-bond donors (Lipinski definition) is 1. The predicted octanol–water partition coefficient (Wildman–Crippen LogP) is 5.96. The largest absolute Gasteiger partial charge is 0.427 e. The van der Waals surface area contributed by atoms with Crippen molar-refractivity contribution in [3.05, 3.63) is 106 Å². The number of aromatic nitrogens is 3. The minimum Gasteiger partial charge on any atom is -0.427 e. The molecule has 7 heteroatoms. The number of H-pyrrole nitrogens is 1. The lowest BCUT2D eigenvalue weighted by atomic mass is 10.0. The Hall–Kier alpha value is -4.49. The van der Waals surface area contributed by atoms with E-state index < -0.39 is 0 Å². The minimum atomic E-state index is -0.207. The number of esters is 1. The highest BCUT2D eigenvalue weighted by Gasteiger charge is 2.21. The lowest BCUT2D eigenvalue weighted by Gasteiger charge is -2.26. The van der Waals surface area contributed by atoms with Crippen LogP contribution in [0.1, 0.15) is 48.3 Å². The number of hydrogen-bond acceptors (Lipinski definition) is 5. The van der Waals surface area contributed by atoms with Crippen LogP contribution in [-0.2, 0) is 24.2 Å². The fourth-order valence-electron chi connectivity index (χ4n) is 6.18. The number of carbonyl (C=O) groups is 1. The molecular weight excluding hydrogens is 512 g/mol. The van der Waals surface area contributed by atoms with Crippen LogP contribution in [0.3, 0.4) is 0 Å². The number of aromatic amines is 1. The van der Waals surface area contributed by atoms with Gasteiger partial charge in [0.05, 0.1) is 10.9 Å². The molecule has 0 saturated carbocycles. The van der Waals surface area contributed by atoms with Gasteiger partial charge in [0.1, 0.15) is 11.6 Å². The van der Waals surface area contributed by atoms with Crippen LogP contribution in [0.5, 0.6) is 5.75 Å². The first kappa shape index (κ1) is 25.5. The van der Waals surface area contributed by atoms with E-state index in [1.54, 1.807) is 4.57 Å². The molecule has 41 heavy (non-hydrogen) atoms. The number of para-hydroxylation sites is 2. The quantitative estimate of drug-likeness (QED) is 0.155. The van der Waals surface area contributed by atoms with Crippen LogP contribution in [-0.4, -0.2) is 38.5 Å². The number of allylic oxidation sites excluding steroid dienone is 1. The zero-order valence-corrected chi connectivity index (χ0v) is 22.9. The Bertz CT molecular complexity index is 1850. The summed E-state index contributed by atoms with van der Waals surface area (Å²) in [4.78, 5) is 36.3. The third kappa shape index (κ3) is 5.09. The van der Waals surface area contributed by atoms with Crippen molar-refractivity contribution in [2.24, 2.45) is 0 Å². The fraction of sp³-hybridized carbons (Fsp3) is 0.265. The highest BCUT2D eigenvalue weighted by molar-refractivity contribution is 5.85. The summed E-state index contributed by atoms with van der Waals surface area (Å²) in [6, 6.07) is 23.5. The Kier molecular flexibility index (Phi) is 6.72. The second-order valence-electron chi connectivity index (χ2n) is 11.0. The van der Waals surface area contributed by atoms with E-state index in [-0.39, 0.29) is 11.5 Å². The monoisotopic (exact) mass is 544 g/mol. The van der Waals surface area contributed by atoms with Crippen LogP contribution < -0.4 is 10.3 Å². The molecule has 2 aliphatic heterocycles. The predicted molar refractivity (Wildman–Crippen MR) is 162 cm³/mol. The van der Waals surface area contributed by atoms with E-state index >= 15 is 0 Å². The van der Waals surface area contributed by atoms with Gasteiger partial charge in [0.2, 0.25) is 0 Å². The van der Waals surface area contributed by atoms with Gasteiger partial charge < -0.3 is 9.72 Å². The Morgan fingerprint density at radius 2 is 1.73 bits per heavy atom. The normalized spacial score (nSPS) is 15.9. The first-order chi connectivity index (χ1) is 20.1. The van der Waals surface area contributed by atoms with Crippen LogP contribution in [0.25, 0.3) is 33.6 Å². The topological polar surface area (TPSA) is 80.2 Å². The van der Waals surface area contributed by atoms with Gasteiger partial charge in [0.25, 0.3) is 5.56 Å². The van der Waals surface area contributed by atoms with E-state index in [4.69, 9.17) is 4.74 Å². The van der Waals surface area contributed by atoms with Crippen molar-refractivity contribution < 1.29 is 9.53 Å². The molecule has 0 atom stereocenters. The molecule has 0 saturated heterocycles. The number of nitrogens with one attached hydrogen (secondary N) is 1. The van der Waals surface area contributed by atoms with E-state index in [0.29, 0.717) is 17.6 Å². The average Bonchev–Trinajstić information content (AvgIpc) is 3.57. The zero-order valence-electron chi connectivity index (χ0n) is 22.9. The van der Waals surface area contributed by atoms with Gasteiger partial charge in [0.15, 0.2) is 0 Å². The molecule has 1 N–H and O–H groups in total. The second-order valence-corrected chi connectivity index (χ2v) is 11.0. The van der Waals surface area contributed by atoms with E-state index in [2.05, 4.69) is 39.1 Å². The summed E-state index contributed by atoms with van der Waals surface area (Å²) in [5, 5.41) is 1.98. The maximum Gasteiger partial charge on any atom is 0.311 e. The summed E-state index contributed by atoms with van der Waals surface area (Å²) in [5.41, 5.74) is 6.60. The minimum absolute atomic E-state index is 0.0252. The average molecular weight is 545 g/mol. The van der Waals surface area contributed by atoms with Crippen molar-refractivity contribution in [3.8, 4) is 5.75 Å². The molecule has 0 spiro atoms. The van der Waals surface area contributed by atoms with Crippen molar-refractivity contribution in [1.29, 1.82) is 0 Å². The van der Waals surface area contributed by atoms with E-state index in [1.807, 2.05) is 54.6 Å². The van der Waals surface area contributed by atoms with Gasteiger partial charge in [-0.3, -0.25) is 19.1 Å². The number of ether oxygens (including phenoxy) is 1. The number of nitrogens with zero attached hydrogens (tertiary/aromatic N) is 3. The molecule has 2 aromatic heterocycles. The molecule has 3 aromatic carbocycles. The van der Waals surface area contributed by atoms with Gasteiger partial charge in [-0.1, -0.05) is 42.5 Å². The zero-order chi connectivity index (χ0) is 27.8. The second kappa shape index (κ2) is 10.8. The lowest BCUT2D eigenvalue weighted by molar-refractivity contribution is -0.134. The molecule has 4 heterocycles. The smallest absolute Gasteiger partial charge is 0.311 e. The number of carbonyl (C=O) groups excluding carboxylic acids is 1. The maximum atomic E-state index is 13.1. The fourth-order valence-corrected chi connectivity index (χ4v) is 6.18. The van der Waals surface area contributed by atoms with Crippen LogP contribution in [0.2, 0.25) is 0 Å². The number of unbranched alkanes of at least 4 members (excludes halogenated alkanes) is 1. The number of benzene rings is 3. The first-order valence-electron chi connectivity index (χ1n) is 14.5. The Labute approximate surface area is 238 Å². The highest BCUT2D eigenvalue weighted by atomic mass is 16.5. The van der Waals surface area contributed by atoms with Crippen LogP contribution in [0.15, 0.2) is 77.6 Å². The third-order valence-corrected chi connectivity index (χ3v) is 8.25. The van der Waals surface area contributed by atoms with Crippen molar-refractivity contribution in [3.63, 3.8) is 0 Å². The summed E-state index contributed by atoms with van der Waals surface area (Å²) >= 11 is 0. The van der Waals surface area contributed by atoms with Gasteiger partial charge >= 0.3 is 5.97 Å². The summed E-state index contributed by atoms with van der Waals surface area (Å²) in [6.07, 6.45) is 6.74. The maximum absolute atomic E-state index is 13.1. The number of aryl methyl sites for hydroxylation is 1. The molecule has 0 radical (unpaired) electrons. The van der Waals surface area contributed by atoms with Crippen LogP contribution >= 0.6 is 0 Å². The first-order valence-corrected chi connectivity index (χ1v) is 14.5. The van der Waals surface area contributed by atoms with Crippen molar-refractivity contribution >= 4 is 39.5 Å². The molecule has 0 unspecified atom stereocenters. The van der Waals surface area contributed by atoms with Gasteiger partial charge in [-0.25, -0.2) is 4.98 Å². The van der Waals surface area contributed by atoms with Crippen molar-refractivity contribution in [2.45, 2.75) is 45.1 Å². The highest BCUT2D eigenvalue weighted by Crippen LogP contribution is 2.28. The molecule has 206 valence electrons. The van der Waals surface area contributed by atoms with Crippen molar-refractivity contribution in [1.82, 2.24) is 19.4 Å². The molecule has 2 aliphatic rings. The van der Waals surface area contributed by atoms with Crippen LogP contribution in [0, 0.1) is 0 Å². The molecule has 7 rings (SSSR count).